The Morgan fingerprint density at radius 2 is 2.22 bits per heavy atom. The van der Waals surface area contributed by atoms with E-state index < -0.39 is 0 Å². The third-order valence-electron chi connectivity index (χ3n) is 2.66. The van der Waals surface area contributed by atoms with Gasteiger partial charge in [-0.15, -0.1) is 0 Å². The normalized spacial score (nSPS) is 9.83. The van der Waals surface area contributed by atoms with E-state index in [1.165, 1.54) is 0 Å². The third kappa shape index (κ3) is 4.15. The number of benzene rings is 1. The molecule has 0 aliphatic carbocycles. The minimum absolute atomic E-state index is 0.000000000000000222. The topological polar surface area (TPSA) is 44.1 Å². The first-order valence-corrected chi connectivity index (χ1v) is 7.20. The first-order chi connectivity index (χ1) is 8.72. The number of hydrogen-bond donors (Lipinski definition) is 0. The molecule has 0 aliphatic rings. The van der Waals surface area contributed by atoms with E-state index in [-0.39, 0.29) is 5.91 Å². The second-order valence-electron chi connectivity index (χ2n) is 4.03. The van der Waals surface area contributed by atoms with E-state index in [2.05, 4.69) is 28.9 Å². The Balaban J connectivity index is 2.84. The SMILES string of the molecule is CCCCN(CCBr)C(=O)c1cccc(C#N)c1. The van der Waals surface area contributed by atoms with Gasteiger partial charge in [-0.2, -0.15) is 5.26 Å². The molecule has 1 amide bonds. The van der Waals surface area contributed by atoms with Gasteiger partial charge in [0.05, 0.1) is 11.6 Å². The zero-order valence-corrected chi connectivity index (χ0v) is 12.1. The van der Waals surface area contributed by atoms with Crippen LogP contribution in [0.5, 0.6) is 0 Å². The molecule has 0 spiro atoms. The smallest absolute Gasteiger partial charge is 0.253 e. The second kappa shape index (κ2) is 7.88. The Bertz CT molecular complexity index is 440. The van der Waals surface area contributed by atoms with E-state index >= 15 is 0 Å². The van der Waals surface area contributed by atoms with Gasteiger partial charge in [-0.1, -0.05) is 35.3 Å². The maximum absolute atomic E-state index is 12.3. The highest BCUT2D eigenvalue weighted by molar-refractivity contribution is 9.09. The summed E-state index contributed by atoms with van der Waals surface area (Å²) in [6, 6.07) is 8.92. The molecule has 4 heteroatoms. The summed E-state index contributed by atoms with van der Waals surface area (Å²) in [5, 5.41) is 9.61. The van der Waals surface area contributed by atoms with Gasteiger partial charge in [-0.25, -0.2) is 0 Å². The van der Waals surface area contributed by atoms with Gasteiger partial charge < -0.3 is 4.90 Å². The van der Waals surface area contributed by atoms with Gasteiger partial charge >= 0.3 is 0 Å². The van der Waals surface area contributed by atoms with Crippen molar-refractivity contribution in [1.82, 2.24) is 4.90 Å². The maximum atomic E-state index is 12.3. The zero-order chi connectivity index (χ0) is 13.4. The highest BCUT2D eigenvalue weighted by Gasteiger charge is 2.14. The van der Waals surface area contributed by atoms with Crippen molar-refractivity contribution in [2.75, 3.05) is 18.4 Å². The molecular weight excluding hydrogens is 292 g/mol. The number of unbranched alkanes of at least 4 members (excludes halogenated alkanes) is 1. The second-order valence-corrected chi connectivity index (χ2v) is 4.82. The number of nitriles is 1. The van der Waals surface area contributed by atoms with Crippen LogP contribution < -0.4 is 0 Å². The Morgan fingerprint density at radius 1 is 1.44 bits per heavy atom. The summed E-state index contributed by atoms with van der Waals surface area (Å²) in [4.78, 5) is 14.1. The molecule has 0 saturated heterocycles. The molecule has 3 nitrogen and oxygen atoms in total. The zero-order valence-electron chi connectivity index (χ0n) is 10.5. The van der Waals surface area contributed by atoms with Gasteiger partial charge in [0.1, 0.15) is 0 Å². The van der Waals surface area contributed by atoms with Gasteiger partial charge in [0.2, 0.25) is 0 Å². The maximum Gasteiger partial charge on any atom is 0.253 e. The highest BCUT2D eigenvalue weighted by Crippen LogP contribution is 2.09. The van der Waals surface area contributed by atoms with Crippen molar-refractivity contribution in [2.24, 2.45) is 0 Å². The number of nitrogens with zero attached hydrogens (tertiary/aromatic N) is 2. The number of carbonyl (C=O) groups excluding carboxylic acids is 1. The summed E-state index contributed by atoms with van der Waals surface area (Å²) in [5.41, 5.74) is 1.11. The van der Waals surface area contributed by atoms with Crippen LogP contribution in [-0.4, -0.2) is 29.2 Å². The fourth-order valence-electron chi connectivity index (χ4n) is 1.67. The number of halogens is 1. The lowest BCUT2D eigenvalue weighted by Crippen LogP contribution is -2.33. The number of carbonyl (C=O) groups is 1. The van der Waals surface area contributed by atoms with Crippen molar-refractivity contribution in [3.63, 3.8) is 0 Å². The summed E-state index contributed by atoms with van der Waals surface area (Å²) in [6.45, 7) is 3.56. The Kier molecular flexibility index (Phi) is 6.45. The molecule has 0 atom stereocenters. The quantitative estimate of drug-likeness (QED) is 0.758. The molecule has 1 rings (SSSR count). The Hall–Kier alpha value is -1.34. The van der Waals surface area contributed by atoms with E-state index in [4.69, 9.17) is 5.26 Å². The van der Waals surface area contributed by atoms with Crippen LogP contribution in [0.15, 0.2) is 24.3 Å². The average molecular weight is 309 g/mol. The average Bonchev–Trinajstić information content (AvgIpc) is 2.42. The third-order valence-corrected chi connectivity index (χ3v) is 3.02. The van der Waals surface area contributed by atoms with Crippen molar-refractivity contribution >= 4 is 21.8 Å². The van der Waals surface area contributed by atoms with Crippen LogP contribution in [0.25, 0.3) is 0 Å². The van der Waals surface area contributed by atoms with Gasteiger partial charge in [0, 0.05) is 24.0 Å². The molecule has 1 aromatic rings. The lowest BCUT2D eigenvalue weighted by molar-refractivity contribution is 0.0764. The van der Waals surface area contributed by atoms with Crippen molar-refractivity contribution < 1.29 is 4.79 Å². The fraction of sp³-hybridized carbons (Fsp3) is 0.429. The molecule has 96 valence electrons. The van der Waals surface area contributed by atoms with Gasteiger partial charge in [0.25, 0.3) is 5.91 Å². The van der Waals surface area contributed by atoms with Crippen molar-refractivity contribution in [2.45, 2.75) is 19.8 Å². The fourth-order valence-corrected chi connectivity index (χ4v) is 2.10. The van der Waals surface area contributed by atoms with Crippen LogP contribution >= 0.6 is 15.9 Å². The lowest BCUT2D eigenvalue weighted by Gasteiger charge is -2.21. The molecule has 0 aromatic heterocycles. The summed E-state index contributed by atoms with van der Waals surface area (Å²) in [6.07, 6.45) is 2.06. The minimum Gasteiger partial charge on any atom is -0.338 e. The summed E-state index contributed by atoms with van der Waals surface area (Å²) in [5.74, 6) is 0.000000000000000222. The summed E-state index contributed by atoms with van der Waals surface area (Å²) < 4.78 is 0. The first kappa shape index (κ1) is 14.7. The van der Waals surface area contributed by atoms with Crippen LogP contribution in [0.2, 0.25) is 0 Å². The van der Waals surface area contributed by atoms with E-state index in [1.54, 1.807) is 24.3 Å². The number of alkyl halides is 1. The van der Waals surface area contributed by atoms with E-state index in [0.29, 0.717) is 17.7 Å². The molecule has 0 bridgehead atoms. The van der Waals surface area contributed by atoms with Gasteiger partial charge in [0.15, 0.2) is 0 Å². The molecule has 0 aliphatic heterocycles. The largest absolute Gasteiger partial charge is 0.338 e. The molecule has 0 fully saturated rings. The summed E-state index contributed by atoms with van der Waals surface area (Å²) >= 11 is 3.36. The molecule has 0 radical (unpaired) electrons. The van der Waals surface area contributed by atoms with Crippen molar-refractivity contribution in [3.05, 3.63) is 35.4 Å². The van der Waals surface area contributed by atoms with Gasteiger partial charge in [-0.05, 0) is 24.6 Å². The van der Waals surface area contributed by atoms with Crippen molar-refractivity contribution in [3.8, 4) is 6.07 Å². The molecule has 0 heterocycles. The molecule has 18 heavy (non-hydrogen) atoms. The standard InChI is InChI=1S/C14H17BrN2O/c1-2-3-8-17(9-7-15)14(18)13-6-4-5-12(10-13)11-16/h4-6,10H,2-3,7-9H2,1H3. The Morgan fingerprint density at radius 3 is 2.83 bits per heavy atom. The number of amides is 1. The van der Waals surface area contributed by atoms with Crippen LogP contribution in [0.3, 0.4) is 0 Å². The predicted molar refractivity (Wildman–Crippen MR) is 75.8 cm³/mol. The monoisotopic (exact) mass is 308 g/mol. The first-order valence-electron chi connectivity index (χ1n) is 6.08. The van der Waals surface area contributed by atoms with Crippen LogP contribution in [0.1, 0.15) is 35.7 Å². The summed E-state index contributed by atoms with van der Waals surface area (Å²) in [7, 11) is 0. The molecule has 1 aromatic carbocycles. The predicted octanol–water partition coefficient (Wildman–Crippen LogP) is 3.20. The van der Waals surface area contributed by atoms with E-state index in [9.17, 15) is 4.79 Å². The van der Waals surface area contributed by atoms with Crippen LogP contribution in [-0.2, 0) is 0 Å². The van der Waals surface area contributed by atoms with E-state index in [1.807, 2.05) is 4.90 Å². The molecule has 0 saturated carbocycles. The van der Waals surface area contributed by atoms with Gasteiger partial charge in [-0.3, -0.25) is 4.79 Å². The number of hydrogen-bond acceptors (Lipinski definition) is 2. The van der Waals surface area contributed by atoms with Crippen LogP contribution in [0, 0.1) is 11.3 Å². The molecule has 0 unspecified atom stereocenters. The highest BCUT2D eigenvalue weighted by atomic mass is 79.9. The lowest BCUT2D eigenvalue weighted by atomic mass is 10.1. The molecular formula is C14H17BrN2O. The minimum atomic E-state index is 0.000000000000000222. The van der Waals surface area contributed by atoms with E-state index in [0.717, 1.165) is 24.7 Å². The molecule has 0 N–H and O–H groups in total. The van der Waals surface area contributed by atoms with Crippen molar-refractivity contribution in [1.29, 1.82) is 5.26 Å². The number of rotatable bonds is 6. The van der Waals surface area contributed by atoms with Crippen LogP contribution in [0.4, 0.5) is 0 Å². The Labute approximate surface area is 117 Å².